The molecule has 0 heterocycles. The molecule has 2 amide bonds. The fraction of sp³-hybridized carbons (Fsp3) is 0.464. The Hall–Kier alpha value is -2.99. The van der Waals surface area contributed by atoms with Gasteiger partial charge in [0.2, 0.25) is 0 Å². The zero-order valence-electron chi connectivity index (χ0n) is 22.6. The second-order valence-electron chi connectivity index (χ2n) is 9.81. The third kappa shape index (κ3) is 8.75. The molecule has 3 aliphatic carbocycles. The lowest BCUT2D eigenvalue weighted by Gasteiger charge is -2.57. The Morgan fingerprint density at radius 1 is 0.902 bits per heavy atom. The summed E-state index contributed by atoms with van der Waals surface area (Å²) in [7, 11) is 3.05. The maximum atomic E-state index is 13.6. The van der Waals surface area contributed by atoms with Gasteiger partial charge in [0.05, 0.1) is 21.7 Å². The molecule has 0 spiro atoms. The molecule has 0 aliphatic heterocycles. The Kier molecular flexibility index (Phi) is 11.7. The van der Waals surface area contributed by atoms with E-state index < -0.39 is 22.7 Å². The van der Waals surface area contributed by atoms with Crippen molar-refractivity contribution in [3.05, 3.63) is 58.1 Å². The normalized spacial score (nSPS) is 22.6. The molecule has 2 aromatic carbocycles. The van der Waals surface area contributed by atoms with Gasteiger partial charge in [-0.1, -0.05) is 23.2 Å². The van der Waals surface area contributed by atoms with Crippen LogP contribution in [0.1, 0.15) is 32.1 Å². The van der Waals surface area contributed by atoms with E-state index >= 15 is 0 Å². The van der Waals surface area contributed by atoms with Crippen molar-refractivity contribution in [3.8, 4) is 11.5 Å². The Morgan fingerprint density at radius 2 is 1.41 bits per heavy atom. The van der Waals surface area contributed by atoms with Gasteiger partial charge in [-0.2, -0.15) is 0 Å². The molecule has 9 nitrogen and oxygen atoms in total. The average Bonchev–Trinajstić information content (AvgIpc) is 2.95. The van der Waals surface area contributed by atoms with Crippen molar-refractivity contribution in [1.82, 2.24) is 10.6 Å². The molecule has 224 valence electrons. The first kappa shape index (κ1) is 32.5. The molecule has 1 unspecified atom stereocenters. The Bertz CT molecular complexity index is 1230. The van der Waals surface area contributed by atoms with E-state index in [0.717, 1.165) is 12.1 Å². The first-order chi connectivity index (χ1) is 19.5. The van der Waals surface area contributed by atoms with Gasteiger partial charge in [-0.25, -0.2) is 8.78 Å². The van der Waals surface area contributed by atoms with Crippen molar-refractivity contribution in [1.29, 1.82) is 0 Å². The number of hydrogen-bond acceptors (Lipinski definition) is 7. The molecule has 2 bridgehead atoms. The van der Waals surface area contributed by atoms with Gasteiger partial charge in [-0.05, 0) is 56.4 Å². The smallest absolute Gasteiger partial charge is 0.258 e. The van der Waals surface area contributed by atoms with Crippen LogP contribution < -0.4 is 20.1 Å². The van der Waals surface area contributed by atoms with Crippen LogP contribution in [0.4, 0.5) is 8.78 Å². The second kappa shape index (κ2) is 14.8. The van der Waals surface area contributed by atoms with E-state index in [1.165, 1.54) is 31.4 Å². The predicted molar refractivity (Wildman–Crippen MR) is 147 cm³/mol. The van der Waals surface area contributed by atoms with Gasteiger partial charge in [-0.3, -0.25) is 9.59 Å². The number of amides is 2. The van der Waals surface area contributed by atoms with Crippen molar-refractivity contribution >= 4 is 41.3 Å². The summed E-state index contributed by atoms with van der Waals surface area (Å²) in [5.41, 5.74) is -1.08. The highest BCUT2D eigenvalue weighted by atomic mass is 35.5. The number of ether oxygens (including phenoxy) is 4. The number of methoxy groups -OCH3 is 2. The van der Waals surface area contributed by atoms with Gasteiger partial charge in [0.15, 0.2) is 13.2 Å². The average molecular weight is 617 g/mol. The number of benzene rings is 2. The van der Waals surface area contributed by atoms with Gasteiger partial charge in [0.1, 0.15) is 36.0 Å². The molecule has 3 fully saturated rings. The van der Waals surface area contributed by atoms with Crippen LogP contribution in [-0.2, 0) is 23.9 Å². The van der Waals surface area contributed by atoms with E-state index in [4.69, 9.17) is 37.4 Å². The number of fused-ring (bicyclic) bond motifs is 3. The second-order valence-corrected chi connectivity index (χ2v) is 10.6. The monoisotopic (exact) mass is 616 g/mol. The van der Waals surface area contributed by atoms with Crippen LogP contribution in [0.5, 0.6) is 11.5 Å². The SMILES string of the molecule is COC1CC2(NC(=O)COc3ccc(Cl)c(F)c3)CCC1(NC(=O)COc1ccc(Cl)c(F)c1)CC2.COCC=O. The minimum atomic E-state index is -0.628. The van der Waals surface area contributed by atoms with Gasteiger partial charge in [0.25, 0.3) is 11.8 Å². The molecule has 3 saturated carbocycles. The van der Waals surface area contributed by atoms with Crippen molar-refractivity contribution in [2.45, 2.75) is 49.3 Å². The van der Waals surface area contributed by atoms with Crippen molar-refractivity contribution in [2.24, 2.45) is 0 Å². The number of aldehydes is 1. The minimum Gasteiger partial charge on any atom is -0.484 e. The quantitative estimate of drug-likeness (QED) is 0.363. The van der Waals surface area contributed by atoms with Crippen LogP contribution in [0.15, 0.2) is 36.4 Å². The van der Waals surface area contributed by atoms with E-state index in [0.29, 0.717) is 38.4 Å². The largest absolute Gasteiger partial charge is 0.484 e. The first-order valence-electron chi connectivity index (χ1n) is 12.8. The number of carbonyl (C=O) groups excluding carboxylic acids is 3. The molecule has 41 heavy (non-hydrogen) atoms. The lowest BCUT2D eigenvalue weighted by Crippen LogP contribution is -2.71. The fourth-order valence-electron chi connectivity index (χ4n) is 5.09. The summed E-state index contributed by atoms with van der Waals surface area (Å²) in [6.07, 6.45) is 3.35. The highest BCUT2D eigenvalue weighted by Gasteiger charge is 2.56. The summed E-state index contributed by atoms with van der Waals surface area (Å²) in [6.45, 7) is -0.352. The Morgan fingerprint density at radius 3 is 1.83 bits per heavy atom. The molecule has 5 rings (SSSR count). The highest BCUT2D eigenvalue weighted by molar-refractivity contribution is 6.31. The van der Waals surface area contributed by atoms with Crippen LogP contribution in [0.25, 0.3) is 0 Å². The molecule has 0 saturated heterocycles. The Labute approximate surface area is 246 Å². The summed E-state index contributed by atoms with van der Waals surface area (Å²) >= 11 is 11.3. The third-order valence-electron chi connectivity index (χ3n) is 7.13. The van der Waals surface area contributed by atoms with Gasteiger partial charge < -0.3 is 34.4 Å². The van der Waals surface area contributed by atoms with Crippen molar-refractivity contribution in [2.75, 3.05) is 34.0 Å². The maximum absolute atomic E-state index is 13.6. The molecule has 0 aromatic heterocycles. The highest BCUT2D eigenvalue weighted by Crippen LogP contribution is 2.48. The van der Waals surface area contributed by atoms with Crippen molar-refractivity contribution in [3.63, 3.8) is 0 Å². The van der Waals surface area contributed by atoms with Crippen LogP contribution >= 0.6 is 23.2 Å². The number of rotatable bonds is 11. The summed E-state index contributed by atoms with van der Waals surface area (Å²) in [4.78, 5) is 34.6. The molecule has 3 aliphatic rings. The molecule has 2 N–H and O–H groups in total. The van der Waals surface area contributed by atoms with Crippen molar-refractivity contribution < 1.29 is 42.1 Å². The summed E-state index contributed by atoms with van der Waals surface area (Å²) in [6, 6.07) is 7.95. The van der Waals surface area contributed by atoms with Gasteiger partial charge in [-0.15, -0.1) is 0 Å². The van der Waals surface area contributed by atoms with Crippen LogP contribution in [0, 0.1) is 11.6 Å². The van der Waals surface area contributed by atoms with E-state index in [9.17, 15) is 23.2 Å². The minimum absolute atomic E-state index is 0.0262. The van der Waals surface area contributed by atoms with Gasteiger partial charge >= 0.3 is 0 Å². The zero-order chi connectivity index (χ0) is 30.0. The van der Waals surface area contributed by atoms with E-state index in [1.807, 2.05) is 0 Å². The lowest BCUT2D eigenvalue weighted by atomic mass is 9.59. The number of nitrogens with one attached hydrogen (secondary N) is 2. The van der Waals surface area contributed by atoms with E-state index in [1.54, 1.807) is 7.11 Å². The first-order valence-corrected chi connectivity index (χ1v) is 13.5. The lowest BCUT2D eigenvalue weighted by molar-refractivity contribution is -0.139. The fourth-order valence-corrected chi connectivity index (χ4v) is 5.32. The predicted octanol–water partition coefficient (Wildman–Crippen LogP) is 4.26. The Balaban J connectivity index is 0.000000850. The molecule has 13 heteroatoms. The zero-order valence-corrected chi connectivity index (χ0v) is 24.2. The number of carbonyl (C=O) groups is 3. The van der Waals surface area contributed by atoms with Crippen LogP contribution in [-0.4, -0.2) is 69.3 Å². The van der Waals surface area contributed by atoms with Gasteiger partial charge in [0, 0.05) is 31.9 Å². The maximum Gasteiger partial charge on any atom is 0.258 e. The molecule has 0 radical (unpaired) electrons. The molecule has 2 aromatic rings. The molecule has 1 atom stereocenters. The van der Waals surface area contributed by atoms with E-state index in [-0.39, 0.29) is 59.3 Å². The standard InChI is InChI=1S/C25H26Cl2F2N2O5.C3H6O2/c1-34-21-12-24(30-22(32)13-35-15-2-4-17(26)19(28)10-15)6-8-25(21,9-7-24)31-23(33)14-36-16-3-5-18(27)20(29)11-16;1-5-3-2-4/h2-5,10-11,21H,6-9,12-14H2,1H3,(H,30,32)(H,31,33);2H,3H2,1H3. The number of halogens is 4. The summed E-state index contributed by atoms with van der Waals surface area (Å²) in [5.74, 6) is -1.53. The van der Waals surface area contributed by atoms with Crippen LogP contribution in [0.2, 0.25) is 10.0 Å². The topological polar surface area (TPSA) is 112 Å². The number of hydrogen-bond donors (Lipinski definition) is 2. The van der Waals surface area contributed by atoms with Crippen LogP contribution in [0.3, 0.4) is 0 Å². The molecular weight excluding hydrogens is 585 g/mol. The van der Waals surface area contributed by atoms with E-state index in [2.05, 4.69) is 15.4 Å². The third-order valence-corrected chi connectivity index (χ3v) is 7.74. The molecular formula is C28H32Cl2F2N2O7. The summed E-state index contributed by atoms with van der Waals surface area (Å²) < 4.78 is 48.1. The summed E-state index contributed by atoms with van der Waals surface area (Å²) in [5, 5.41) is 6.06.